The number of carbonyl (C=O) groups excluding carboxylic acids is 2. The maximum absolute atomic E-state index is 13.6. The molecule has 13 heteroatoms. The van der Waals surface area contributed by atoms with Crippen molar-refractivity contribution >= 4 is 22.1 Å². The molecule has 174 valence electrons. The molecule has 0 saturated heterocycles. The highest BCUT2D eigenvalue weighted by Crippen LogP contribution is 2.40. The predicted octanol–water partition coefficient (Wildman–Crippen LogP) is 3.28. The van der Waals surface area contributed by atoms with E-state index >= 15 is 0 Å². The van der Waals surface area contributed by atoms with Crippen molar-refractivity contribution in [1.29, 1.82) is 0 Å². The molecule has 0 aromatic carbocycles. The molecule has 0 spiro atoms. The summed E-state index contributed by atoms with van der Waals surface area (Å²) in [6.45, 7) is 0. The Morgan fingerprint density at radius 3 is 1.77 bits per heavy atom. The van der Waals surface area contributed by atoms with Gasteiger partial charge in [0.15, 0.2) is 10.1 Å². The van der Waals surface area contributed by atoms with E-state index < -0.39 is 51.4 Å². The van der Waals surface area contributed by atoms with Gasteiger partial charge in [0.05, 0.1) is 11.8 Å². The maximum Gasteiger partial charge on any atom is 0.432 e. The monoisotopic (exact) mass is 465 g/mol. The fraction of sp³-hybridized carbons (Fsp3) is 0.882. The van der Waals surface area contributed by atoms with E-state index in [0.29, 0.717) is 25.7 Å². The number of hydrogen-bond donors (Lipinski definition) is 0. The molecule has 0 amide bonds. The SMILES string of the molecule is O=C(OC1CCCCC1)C1CCCCC1C(=O)OC(C(F)(F)F)C(F)(F)S(=O)(=O)[O-]. The highest BCUT2D eigenvalue weighted by atomic mass is 32.2. The standard InChI is InChI=1S/C17H23F5O7S/c18-16(19,20)15(17(21,22)30(25,26)27)29-14(24)12-9-5-4-8-11(12)13(23)28-10-6-2-1-3-7-10/h10-12,15H,1-9H2,(H,25,26,27)/p-1. The van der Waals surface area contributed by atoms with Crippen molar-refractivity contribution in [3.05, 3.63) is 0 Å². The van der Waals surface area contributed by atoms with Crippen LogP contribution in [-0.2, 0) is 29.2 Å². The molecule has 0 aromatic rings. The molecular formula is C17H22F5O7S-. The smallest absolute Gasteiger partial charge is 0.432 e. The first-order valence-electron chi connectivity index (χ1n) is 9.56. The average Bonchev–Trinajstić information content (AvgIpc) is 2.64. The Balaban J connectivity index is 2.17. The van der Waals surface area contributed by atoms with Crippen LogP contribution in [0.2, 0.25) is 0 Å². The second-order valence-electron chi connectivity index (χ2n) is 7.57. The summed E-state index contributed by atoms with van der Waals surface area (Å²) >= 11 is 0. The Bertz CT molecular complexity index is 731. The van der Waals surface area contributed by atoms with E-state index in [1.807, 2.05) is 0 Å². The summed E-state index contributed by atoms with van der Waals surface area (Å²) in [6, 6.07) is 0. The first kappa shape index (κ1) is 24.8. The zero-order valence-electron chi connectivity index (χ0n) is 15.8. The number of esters is 2. The normalized spacial score (nSPS) is 25.4. The molecular weight excluding hydrogens is 443 g/mol. The molecule has 0 N–H and O–H groups in total. The van der Waals surface area contributed by atoms with Crippen LogP contribution in [0.4, 0.5) is 22.0 Å². The second kappa shape index (κ2) is 9.33. The number of halogens is 5. The van der Waals surface area contributed by atoms with Gasteiger partial charge in [0, 0.05) is 0 Å². The minimum Gasteiger partial charge on any atom is -0.743 e. The Morgan fingerprint density at radius 2 is 1.30 bits per heavy atom. The molecule has 2 rings (SSSR count). The van der Waals surface area contributed by atoms with Crippen molar-refractivity contribution in [2.75, 3.05) is 0 Å². The van der Waals surface area contributed by atoms with Crippen LogP contribution in [0.5, 0.6) is 0 Å². The fourth-order valence-corrected chi connectivity index (χ4v) is 4.23. The van der Waals surface area contributed by atoms with Crippen LogP contribution in [0.15, 0.2) is 0 Å². The van der Waals surface area contributed by atoms with Crippen molar-refractivity contribution in [3.8, 4) is 0 Å². The van der Waals surface area contributed by atoms with E-state index in [2.05, 4.69) is 4.74 Å². The maximum atomic E-state index is 13.6. The second-order valence-corrected chi connectivity index (χ2v) is 9.02. The number of hydrogen-bond acceptors (Lipinski definition) is 7. The van der Waals surface area contributed by atoms with Gasteiger partial charge in [-0.25, -0.2) is 8.42 Å². The zero-order chi connectivity index (χ0) is 22.7. The summed E-state index contributed by atoms with van der Waals surface area (Å²) in [5.41, 5.74) is 0. The van der Waals surface area contributed by atoms with E-state index in [1.165, 1.54) is 0 Å². The van der Waals surface area contributed by atoms with Gasteiger partial charge in [0.2, 0.25) is 0 Å². The van der Waals surface area contributed by atoms with Gasteiger partial charge in [0.25, 0.3) is 6.10 Å². The van der Waals surface area contributed by atoms with Crippen LogP contribution in [0.25, 0.3) is 0 Å². The summed E-state index contributed by atoms with van der Waals surface area (Å²) in [6.07, 6.45) is -6.29. The predicted molar refractivity (Wildman–Crippen MR) is 89.0 cm³/mol. The van der Waals surface area contributed by atoms with Gasteiger partial charge in [-0.2, -0.15) is 22.0 Å². The van der Waals surface area contributed by atoms with E-state index in [1.54, 1.807) is 0 Å². The molecule has 0 aromatic heterocycles. The molecule has 2 aliphatic carbocycles. The van der Waals surface area contributed by atoms with Gasteiger partial charge in [-0.1, -0.05) is 19.3 Å². The van der Waals surface area contributed by atoms with Crippen LogP contribution in [0.1, 0.15) is 57.8 Å². The lowest BCUT2D eigenvalue weighted by Crippen LogP contribution is -2.53. The summed E-state index contributed by atoms with van der Waals surface area (Å²) in [4.78, 5) is 24.7. The van der Waals surface area contributed by atoms with Crippen LogP contribution < -0.4 is 0 Å². The van der Waals surface area contributed by atoms with E-state index in [-0.39, 0.29) is 18.9 Å². The average molecular weight is 465 g/mol. The van der Waals surface area contributed by atoms with Crippen LogP contribution in [-0.4, -0.2) is 48.5 Å². The van der Waals surface area contributed by atoms with E-state index in [9.17, 15) is 44.5 Å². The minimum absolute atomic E-state index is 0.0816. The molecule has 3 atom stereocenters. The van der Waals surface area contributed by atoms with E-state index in [4.69, 9.17) is 4.74 Å². The third kappa shape index (κ3) is 5.80. The lowest BCUT2D eigenvalue weighted by atomic mass is 9.79. The van der Waals surface area contributed by atoms with Crippen molar-refractivity contribution in [2.45, 2.75) is 81.4 Å². The van der Waals surface area contributed by atoms with Crippen molar-refractivity contribution in [3.63, 3.8) is 0 Å². The number of rotatable bonds is 6. The van der Waals surface area contributed by atoms with Crippen molar-refractivity contribution in [2.24, 2.45) is 11.8 Å². The highest BCUT2D eigenvalue weighted by Gasteiger charge is 2.63. The van der Waals surface area contributed by atoms with Crippen molar-refractivity contribution in [1.82, 2.24) is 0 Å². The fourth-order valence-electron chi connectivity index (χ4n) is 3.79. The number of alkyl halides is 5. The molecule has 2 aliphatic rings. The lowest BCUT2D eigenvalue weighted by Gasteiger charge is -2.34. The summed E-state index contributed by atoms with van der Waals surface area (Å²) in [7, 11) is -6.78. The molecule has 3 unspecified atom stereocenters. The number of ether oxygens (including phenoxy) is 2. The molecule has 2 saturated carbocycles. The largest absolute Gasteiger partial charge is 0.743 e. The topological polar surface area (TPSA) is 110 Å². The van der Waals surface area contributed by atoms with Crippen LogP contribution in [0.3, 0.4) is 0 Å². The quantitative estimate of drug-likeness (QED) is 0.336. The third-order valence-corrected chi connectivity index (χ3v) is 6.26. The Kier molecular flexibility index (Phi) is 7.70. The van der Waals surface area contributed by atoms with Gasteiger partial charge in [0.1, 0.15) is 6.10 Å². The van der Waals surface area contributed by atoms with Crippen LogP contribution in [0, 0.1) is 11.8 Å². The number of carbonyl (C=O) groups is 2. The Hall–Kier alpha value is -1.50. The molecule has 2 fully saturated rings. The molecule has 0 radical (unpaired) electrons. The summed E-state index contributed by atoms with van der Waals surface area (Å²) in [5, 5.41) is -5.92. The molecule has 0 heterocycles. The van der Waals surface area contributed by atoms with Crippen LogP contribution >= 0.6 is 0 Å². The van der Waals surface area contributed by atoms with E-state index in [0.717, 1.165) is 19.3 Å². The first-order valence-corrected chi connectivity index (χ1v) is 11.0. The molecule has 0 aliphatic heterocycles. The summed E-state index contributed by atoms with van der Waals surface area (Å²) < 4.78 is 107. The molecule has 30 heavy (non-hydrogen) atoms. The molecule has 0 bridgehead atoms. The third-order valence-electron chi connectivity index (χ3n) is 5.38. The Morgan fingerprint density at radius 1 is 0.833 bits per heavy atom. The van der Waals surface area contributed by atoms with Gasteiger partial charge in [-0.3, -0.25) is 9.59 Å². The zero-order valence-corrected chi connectivity index (χ0v) is 16.6. The minimum atomic E-state index is -6.78. The first-order chi connectivity index (χ1) is 13.7. The molecule has 7 nitrogen and oxygen atoms in total. The van der Waals surface area contributed by atoms with Gasteiger partial charge in [-0.15, -0.1) is 0 Å². The van der Waals surface area contributed by atoms with Gasteiger partial charge < -0.3 is 14.0 Å². The van der Waals surface area contributed by atoms with Crippen molar-refractivity contribution < 1.29 is 54.0 Å². The Labute approximate surface area is 170 Å². The van der Waals surface area contributed by atoms with Gasteiger partial charge in [-0.05, 0) is 38.5 Å². The summed E-state index contributed by atoms with van der Waals surface area (Å²) in [5.74, 6) is -5.34. The lowest BCUT2D eigenvalue weighted by molar-refractivity contribution is -0.261. The highest BCUT2D eigenvalue weighted by molar-refractivity contribution is 7.86. The van der Waals surface area contributed by atoms with Gasteiger partial charge >= 0.3 is 23.4 Å².